The molecule has 0 aromatic heterocycles. The standard InChI is InChI=1S/C11H11F3O2S/c1-3-16-10(15)8-6-7(17-2)4-5-9(8)11(12,13)14/h4-6H,3H2,1-2H3. The highest BCUT2D eigenvalue weighted by Crippen LogP contribution is 2.34. The highest BCUT2D eigenvalue weighted by molar-refractivity contribution is 7.98. The number of benzene rings is 1. The van der Waals surface area contributed by atoms with Gasteiger partial charge in [0.1, 0.15) is 0 Å². The normalized spacial score (nSPS) is 11.4. The first-order valence-electron chi connectivity index (χ1n) is 4.82. The molecule has 0 amide bonds. The number of carbonyl (C=O) groups excluding carboxylic acids is 1. The van der Waals surface area contributed by atoms with E-state index in [1.165, 1.54) is 23.9 Å². The van der Waals surface area contributed by atoms with E-state index in [9.17, 15) is 18.0 Å². The van der Waals surface area contributed by atoms with Gasteiger partial charge in [-0.1, -0.05) is 0 Å². The quantitative estimate of drug-likeness (QED) is 0.616. The lowest BCUT2D eigenvalue weighted by atomic mass is 10.1. The van der Waals surface area contributed by atoms with Crippen LogP contribution in [0.25, 0.3) is 0 Å². The third-order valence-corrected chi connectivity index (χ3v) is 2.75. The van der Waals surface area contributed by atoms with Crippen LogP contribution in [0, 0.1) is 0 Å². The fraction of sp³-hybridized carbons (Fsp3) is 0.364. The van der Waals surface area contributed by atoms with Gasteiger partial charge in [0.25, 0.3) is 0 Å². The van der Waals surface area contributed by atoms with Crippen molar-refractivity contribution in [3.05, 3.63) is 29.3 Å². The first-order chi connectivity index (χ1) is 7.90. The number of hydrogen-bond donors (Lipinski definition) is 0. The van der Waals surface area contributed by atoms with E-state index >= 15 is 0 Å². The Morgan fingerprint density at radius 2 is 2.06 bits per heavy atom. The summed E-state index contributed by atoms with van der Waals surface area (Å²) in [5.41, 5.74) is -1.40. The number of rotatable bonds is 3. The molecule has 0 aliphatic rings. The van der Waals surface area contributed by atoms with Gasteiger partial charge in [-0.05, 0) is 31.4 Å². The molecule has 1 aromatic rings. The predicted molar refractivity (Wildman–Crippen MR) is 59.2 cm³/mol. The molecule has 0 bridgehead atoms. The maximum Gasteiger partial charge on any atom is 0.417 e. The van der Waals surface area contributed by atoms with Crippen molar-refractivity contribution in [3.8, 4) is 0 Å². The summed E-state index contributed by atoms with van der Waals surface area (Å²) in [6.45, 7) is 1.59. The molecule has 17 heavy (non-hydrogen) atoms. The van der Waals surface area contributed by atoms with Crippen molar-refractivity contribution in [2.45, 2.75) is 18.0 Å². The molecule has 94 valence electrons. The van der Waals surface area contributed by atoms with Crippen LogP contribution in [0.1, 0.15) is 22.8 Å². The number of alkyl halides is 3. The van der Waals surface area contributed by atoms with E-state index in [1.807, 2.05) is 0 Å². The number of carbonyl (C=O) groups is 1. The Morgan fingerprint density at radius 3 is 2.53 bits per heavy atom. The predicted octanol–water partition coefficient (Wildman–Crippen LogP) is 3.60. The van der Waals surface area contributed by atoms with Crippen LogP contribution in [-0.4, -0.2) is 18.8 Å². The van der Waals surface area contributed by atoms with E-state index in [0.717, 1.165) is 6.07 Å². The van der Waals surface area contributed by atoms with Gasteiger partial charge in [-0.25, -0.2) is 4.79 Å². The van der Waals surface area contributed by atoms with Crippen molar-refractivity contribution in [1.82, 2.24) is 0 Å². The van der Waals surface area contributed by atoms with E-state index in [0.29, 0.717) is 4.90 Å². The molecule has 1 aromatic carbocycles. The second-order valence-electron chi connectivity index (χ2n) is 3.13. The molecule has 6 heteroatoms. The molecule has 0 heterocycles. The Balaban J connectivity index is 3.26. The molecule has 2 nitrogen and oxygen atoms in total. The fourth-order valence-electron chi connectivity index (χ4n) is 1.28. The van der Waals surface area contributed by atoms with Crippen LogP contribution in [0.2, 0.25) is 0 Å². The van der Waals surface area contributed by atoms with Gasteiger partial charge in [0.2, 0.25) is 0 Å². The summed E-state index contributed by atoms with van der Waals surface area (Å²) in [5.74, 6) is -0.948. The first-order valence-corrected chi connectivity index (χ1v) is 6.05. The van der Waals surface area contributed by atoms with Crippen LogP contribution in [0.5, 0.6) is 0 Å². The monoisotopic (exact) mass is 264 g/mol. The van der Waals surface area contributed by atoms with E-state index in [2.05, 4.69) is 4.74 Å². The average molecular weight is 264 g/mol. The lowest BCUT2D eigenvalue weighted by molar-refractivity contribution is -0.138. The summed E-state index contributed by atoms with van der Waals surface area (Å²) in [7, 11) is 0. The minimum absolute atomic E-state index is 0.0413. The van der Waals surface area contributed by atoms with Crippen molar-refractivity contribution in [3.63, 3.8) is 0 Å². The van der Waals surface area contributed by atoms with Crippen LogP contribution in [-0.2, 0) is 10.9 Å². The van der Waals surface area contributed by atoms with Crippen molar-refractivity contribution >= 4 is 17.7 Å². The van der Waals surface area contributed by atoms with Crippen LogP contribution in [0.4, 0.5) is 13.2 Å². The number of ether oxygens (including phenoxy) is 1. The van der Waals surface area contributed by atoms with E-state index in [4.69, 9.17) is 0 Å². The molecule has 0 atom stereocenters. The molecule has 0 unspecified atom stereocenters. The van der Waals surface area contributed by atoms with E-state index in [-0.39, 0.29) is 6.61 Å². The molecule has 0 N–H and O–H groups in total. The van der Waals surface area contributed by atoms with Crippen molar-refractivity contribution in [2.24, 2.45) is 0 Å². The Morgan fingerprint density at radius 1 is 1.41 bits per heavy atom. The zero-order chi connectivity index (χ0) is 13.1. The smallest absolute Gasteiger partial charge is 0.417 e. The molecular weight excluding hydrogens is 253 g/mol. The lowest BCUT2D eigenvalue weighted by Gasteiger charge is -2.12. The van der Waals surface area contributed by atoms with Gasteiger partial charge in [0, 0.05) is 4.90 Å². The Kier molecular flexibility index (Phi) is 4.45. The van der Waals surface area contributed by atoms with Crippen LogP contribution in [0.15, 0.2) is 23.1 Å². The second kappa shape index (κ2) is 5.44. The third-order valence-electron chi connectivity index (χ3n) is 2.03. The second-order valence-corrected chi connectivity index (χ2v) is 4.01. The number of thioether (sulfide) groups is 1. The molecule has 0 fully saturated rings. The zero-order valence-corrected chi connectivity index (χ0v) is 10.1. The molecule has 0 aliphatic heterocycles. The molecule has 0 aliphatic carbocycles. The summed E-state index contributed by atoms with van der Waals surface area (Å²) >= 11 is 1.26. The molecule has 1 rings (SSSR count). The van der Waals surface area contributed by atoms with Crippen molar-refractivity contribution in [2.75, 3.05) is 12.9 Å². The largest absolute Gasteiger partial charge is 0.462 e. The summed E-state index contributed by atoms with van der Waals surface area (Å²) in [6.07, 6.45) is -2.84. The van der Waals surface area contributed by atoms with Gasteiger partial charge in [-0.3, -0.25) is 0 Å². The van der Waals surface area contributed by atoms with Gasteiger partial charge in [-0.15, -0.1) is 11.8 Å². The van der Waals surface area contributed by atoms with E-state index in [1.54, 1.807) is 13.2 Å². The molecule has 0 saturated carbocycles. The minimum Gasteiger partial charge on any atom is -0.462 e. The summed E-state index contributed by atoms with van der Waals surface area (Å²) in [6, 6.07) is 3.43. The summed E-state index contributed by atoms with van der Waals surface area (Å²) in [4.78, 5) is 12.0. The molecule has 0 spiro atoms. The van der Waals surface area contributed by atoms with Gasteiger partial charge >= 0.3 is 12.1 Å². The van der Waals surface area contributed by atoms with Gasteiger partial charge in [-0.2, -0.15) is 13.2 Å². The van der Waals surface area contributed by atoms with E-state index < -0.39 is 23.3 Å². The summed E-state index contributed by atoms with van der Waals surface area (Å²) < 4.78 is 42.6. The molecular formula is C11H11F3O2S. The fourth-order valence-corrected chi connectivity index (χ4v) is 1.72. The number of esters is 1. The number of hydrogen-bond acceptors (Lipinski definition) is 3. The topological polar surface area (TPSA) is 26.3 Å². The average Bonchev–Trinajstić information content (AvgIpc) is 2.27. The Hall–Kier alpha value is -1.17. The molecule has 0 saturated heterocycles. The lowest BCUT2D eigenvalue weighted by Crippen LogP contribution is -2.15. The van der Waals surface area contributed by atoms with Crippen molar-refractivity contribution in [1.29, 1.82) is 0 Å². The van der Waals surface area contributed by atoms with Gasteiger partial charge < -0.3 is 4.74 Å². The maximum atomic E-state index is 12.7. The van der Waals surface area contributed by atoms with Gasteiger partial charge in [0.15, 0.2) is 0 Å². The zero-order valence-electron chi connectivity index (χ0n) is 9.30. The highest BCUT2D eigenvalue weighted by Gasteiger charge is 2.35. The summed E-state index contributed by atoms with van der Waals surface area (Å²) in [5, 5.41) is 0. The maximum absolute atomic E-state index is 12.7. The third kappa shape index (κ3) is 3.39. The van der Waals surface area contributed by atoms with Crippen LogP contribution >= 0.6 is 11.8 Å². The Labute approximate surface area is 101 Å². The number of halogens is 3. The van der Waals surface area contributed by atoms with Crippen molar-refractivity contribution < 1.29 is 22.7 Å². The SMILES string of the molecule is CCOC(=O)c1cc(SC)ccc1C(F)(F)F. The van der Waals surface area contributed by atoms with Gasteiger partial charge in [0.05, 0.1) is 17.7 Å². The minimum atomic E-state index is -4.56. The first kappa shape index (κ1) is 13.9. The van der Waals surface area contributed by atoms with Crippen LogP contribution in [0.3, 0.4) is 0 Å². The highest BCUT2D eigenvalue weighted by atomic mass is 32.2. The molecule has 0 radical (unpaired) electrons. The Bertz CT molecular complexity index is 416. The van der Waals surface area contributed by atoms with Crippen LogP contribution < -0.4 is 0 Å².